The van der Waals surface area contributed by atoms with Crippen LogP contribution >= 0.6 is 0 Å². The molecular weight excluding hydrogens is 272 g/mol. The van der Waals surface area contributed by atoms with Crippen LogP contribution in [0.3, 0.4) is 0 Å². The van der Waals surface area contributed by atoms with Gasteiger partial charge in [-0.2, -0.15) is 0 Å². The number of likely N-dealkylation sites (tertiary alicyclic amines) is 1. The summed E-state index contributed by atoms with van der Waals surface area (Å²) in [4.78, 5) is 36.7. The first-order valence-electron chi connectivity index (χ1n) is 6.94. The maximum absolute atomic E-state index is 12.5. The summed E-state index contributed by atoms with van der Waals surface area (Å²) in [5.41, 5.74) is 0.211. The van der Waals surface area contributed by atoms with Crippen molar-refractivity contribution in [2.24, 2.45) is 12.5 Å². The van der Waals surface area contributed by atoms with Crippen molar-refractivity contribution < 1.29 is 19.5 Å². The number of ketones is 1. The van der Waals surface area contributed by atoms with Crippen LogP contribution in [0.15, 0.2) is 12.3 Å². The van der Waals surface area contributed by atoms with E-state index in [-0.39, 0.29) is 11.7 Å². The molecule has 1 N–H and O–H groups in total. The molecule has 0 radical (unpaired) electrons. The first-order chi connectivity index (χ1) is 9.74. The van der Waals surface area contributed by atoms with Crippen LogP contribution in [0.2, 0.25) is 0 Å². The number of hydrogen-bond acceptors (Lipinski definition) is 3. The summed E-state index contributed by atoms with van der Waals surface area (Å²) in [6.45, 7) is 4.01. The number of aryl methyl sites for hydroxylation is 1. The number of Topliss-reactive ketones (excluding diaryl/α,β-unsaturated/α-hetero) is 1. The molecule has 0 saturated carbocycles. The van der Waals surface area contributed by atoms with Gasteiger partial charge in [0.2, 0.25) is 0 Å². The quantitative estimate of drug-likeness (QED) is 0.857. The molecule has 1 aromatic rings. The minimum absolute atomic E-state index is 0.0817. The fraction of sp³-hybridized carbons (Fsp3) is 0.533. The van der Waals surface area contributed by atoms with Gasteiger partial charge in [-0.1, -0.05) is 0 Å². The molecule has 0 spiro atoms. The Labute approximate surface area is 123 Å². The van der Waals surface area contributed by atoms with Gasteiger partial charge in [-0.3, -0.25) is 14.4 Å². The Morgan fingerprint density at radius 2 is 1.81 bits per heavy atom. The molecule has 2 rings (SSSR count). The maximum Gasteiger partial charge on any atom is 0.309 e. The van der Waals surface area contributed by atoms with Gasteiger partial charge in [-0.15, -0.1) is 0 Å². The Morgan fingerprint density at radius 1 is 1.24 bits per heavy atom. The Kier molecular flexibility index (Phi) is 3.89. The van der Waals surface area contributed by atoms with Gasteiger partial charge in [0, 0.05) is 31.9 Å². The SMILES string of the molecule is CC(=O)c1cc(C(=O)N2CCC(C)(C(=O)O)CC2)n(C)c1. The summed E-state index contributed by atoms with van der Waals surface area (Å²) < 4.78 is 1.64. The molecule has 0 bridgehead atoms. The summed E-state index contributed by atoms with van der Waals surface area (Å²) in [7, 11) is 1.73. The highest BCUT2D eigenvalue weighted by atomic mass is 16.4. The highest BCUT2D eigenvalue weighted by Crippen LogP contribution is 2.31. The van der Waals surface area contributed by atoms with Gasteiger partial charge in [0.25, 0.3) is 5.91 Å². The predicted octanol–water partition coefficient (Wildman–Crippen LogP) is 1.55. The summed E-state index contributed by atoms with van der Waals surface area (Å²) >= 11 is 0. The number of aromatic nitrogens is 1. The molecule has 1 saturated heterocycles. The molecule has 0 aliphatic carbocycles. The highest BCUT2D eigenvalue weighted by molar-refractivity contribution is 5.99. The van der Waals surface area contributed by atoms with Crippen molar-refractivity contribution in [2.45, 2.75) is 26.7 Å². The molecule has 1 aliphatic heterocycles. The third-order valence-electron chi connectivity index (χ3n) is 4.30. The molecule has 0 aromatic carbocycles. The van der Waals surface area contributed by atoms with Gasteiger partial charge in [0.1, 0.15) is 5.69 Å². The molecule has 0 unspecified atom stereocenters. The molecule has 6 heteroatoms. The van der Waals surface area contributed by atoms with Gasteiger partial charge in [0.15, 0.2) is 5.78 Å². The lowest BCUT2D eigenvalue weighted by atomic mass is 9.80. The van der Waals surface area contributed by atoms with Gasteiger partial charge >= 0.3 is 5.97 Å². The first-order valence-corrected chi connectivity index (χ1v) is 6.94. The van der Waals surface area contributed by atoms with Crippen LogP contribution < -0.4 is 0 Å². The third-order valence-corrected chi connectivity index (χ3v) is 4.30. The first kappa shape index (κ1) is 15.3. The van der Waals surface area contributed by atoms with Gasteiger partial charge in [-0.05, 0) is 32.8 Å². The van der Waals surface area contributed by atoms with Crippen LogP contribution in [0.1, 0.15) is 47.5 Å². The van der Waals surface area contributed by atoms with E-state index in [1.165, 1.54) is 6.92 Å². The second-order valence-electron chi connectivity index (χ2n) is 5.94. The van der Waals surface area contributed by atoms with Crippen molar-refractivity contribution in [3.63, 3.8) is 0 Å². The molecule has 2 heterocycles. The van der Waals surface area contributed by atoms with E-state index in [0.717, 1.165) is 0 Å². The average Bonchev–Trinajstić information content (AvgIpc) is 2.81. The molecular formula is C15H20N2O4. The number of carboxylic acid groups (broad SMARTS) is 1. The Balaban J connectivity index is 2.12. The lowest BCUT2D eigenvalue weighted by molar-refractivity contribution is -0.150. The summed E-state index contributed by atoms with van der Waals surface area (Å²) in [5, 5.41) is 9.20. The fourth-order valence-electron chi connectivity index (χ4n) is 2.55. The standard InChI is InChI=1S/C15H20N2O4/c1-10(18)11-8-12(16(3)9-11)13(19)17-6-4-15(2,5-7-17)14(20)21/h8-9H,4-7H2,1-3H3,(H,20,21). The van der Waals surface area contributed by atoms with E-state index >= 15 is 0 Å². The van der Waals surface area contributed by atoms with Crippen molar-refractivity contribution in [1.82, 2.24) is 9.47 Å². The summed E-state index contributed by atoms with van der Waals surface area (Å²) in [6.07, 6.45) is 2.52. The molecule has 21 heavy (non-hydrogen) atoms. The lowest BCUT2D eigenvalue weighted by Gasteiger charge is -2.36. The van der Waals surface area contributed by atoms with E-state index < -0.39 is 11.4 Å². The molecule has 6 nitrogen and oxygen atoms in total. The molecule has 1 aromatic heterocycles. The summed E-state index contributed by atoms with van der Waals surface area (Å²) in [6, 6.07) is 1.59. The van der Waals surface area contributed by atoms with E-state index in [2.05, 4.69) is 0 Å². The molecule has 1 amide bonds. The number of carbonyl (C=O) groups excluding carboxylic acids is 2. The second-order valence-corrected chi connectivity index (χ2v) is 5.94. The van der Waals surface area contributed by atoms with E-state index in [4.69, 9.17) is 0 Å². The van der Waals surface area contributed by atoms with Crippen LogP contribution in [-0.4, -0.2) is 45.3 Å². The smallest absolute Gasteiger partial charge is 0.309 e. The number of rotatable bonds is 3. The molecule has 114 valence electrons. The minimum atomic E-state index is -0.813. The van der Waals surface area contributed by atoms with Crippen LogP contribution in [0, 0.1) is 5.41 Å². The maximum atomic E-state index is 12.5. The second kappa shape index (κ2) is 5.35. The van der Waals surface area contributed by atoms with E-state index in [1.54, 1.807) is 35.7 Å². The van der Waals surface area contributed by atoms with E-state index in [0.29, 0.717) is 37.2 Å². The average molecular weight is 292 g/mol. The molecule has 1 fully saturated rings. The van der Waals surface area contributed by atoms with Gasteiger partial charge < -0.3 is 14.6 Å². The number of amides is 1. The van der Waals surface area contributed by atoms with Crippen molar-refractivity contribution >= 4 is 17.7 Å². The van der Waals surface area contributed by atoms with Crippen molar-refractivity contribution in [3.8, 4) is 0 Å². The molecule has 0 atom stereocenters. The minimum Gasteiger partial charge on any atom is -0.481 e. The van der Waals surface area contributed by atoms with Crippen LogP contribution in [0.25, 0.3) is 0 Å². The Hall–Kier alpha value is -2.11. The number of aliphatic carboxylic acids is 1. The lowest BCUT2D eigenvalue weighted by Crippen LogP contribution is -2.45. The van der Waals surface area contributed by atoms with Gasteiger partial charge in [-0.25, -0.2) is 0 Å². The van der Waals surface area contributed by atoms with E-state index in [9.17, 15) is 19.5 Å². The van der Waals surface area contributed by atoms with Gasteiger partial charge in [0.05, 0.1) is 5.41 Å². The Bertz CT molecular complexity index is 595. The van der Waals surface area contributed by atoms with Crippen LogP contribution in [0.4, 0.5) is 0 Å². The van der Waals surface area contributed by atoms with E-state index in [1.807, 2.05) is 0 Å². The largest absolute Gasteiger partial charge is 0.481 e. The van der Waals surface area contributed by atoms with Crippen LogP contribution in [0.5, 0.6) is 0 Å². The predicted molar refractivity (Wildman–Crippen MR) is 76.3 cm³/mol. The van der Waals surface area contributed by atoms with Crippen molar-refractivity contribution in [2.75, 3.05) is 13.1 Å². The molecule has 1 aliphatic rings. The summed E-state index contributed by atoms with van der Waals surface area (Å²) in [5.74, 6) is -1.05. The van der Waals surface area contributed by atoms with Crippen molar-refractivity contribution in [1.29, 1.82) is 0 Å². The topological polar surface area (TPSA) is 79.6 Å². The highest BCUT2D eigenvalue weighted by Gasteiger charge is 2.38. The number of hydrogen-bond donors (Lipinski definition) is 1. The number of carbonyl (C=O) groups is 3. The Morgan fingerprint density at radius 3 is 2.24 bits per heavy atom. The zero-order chi connectivity index (χ0) is 15.8. The van der Waals surface area contributed by atoms with Crippen LogP contribution in [-0.2, 0) is 11.8 Å². The fourth-order valence-corrected chi connectivity index (χ4v) is 2.55. The van der Waals surface area contributed by atoms with Crippen molar-refractivity contribution in [3.05, 3.63) is 23.5 Å². The number of piperidine rings is 1. The number of carboxylic acids is 1. The number of nitrogens with zero attached hydrogens (tertiary/aromatic N) is 2. The normalized spacial score (nSPS) is 17.6. The monoisotopic (exact) mass is 292 g/mol. The zero-order valence-corrected chi connectivity index (χ0v) is 12.5. The third kappa shape index (κ3) is 2.84. The zero-order valence-electron chi connectivity index (χ0n) is 12.5.